The van der Waals surface area contributed by atoms with Crippen LogP contribution in [0.25, 0.3) is 0 Å². The van der Waals surface area contributed by atoms with Crippen molar-refractivity contribution in [3.63, 3.8) is 0 Å². The van der Waals surface area contributed by atoms with Crippen molar-refractivity contribution >= 4 is 22.6 Å². The number of hydrogen-bond donors (Lipinski definition) is 0. The van der Waals surface area contributed by atoms with E-state index in [1.165, 1.54) is 0 Å². The zero-order valence-electron chi connectivity index (χ0n) is 4.77. The van der Waals surface area contributed by atoms with Crippen LogP contribution in [0.1, 0.15) is 12.8 Å². The zero-order valence-corrected chi connectivity index (χ0v) is 9.89. The average molecular weight is 276 g/mol. The van der Waals surface area contributed by atoms with Crippen molar-refractivity contribution in [2.45, 2.75) is 17.0 Å². The van der Waals surface area contributed by atoms with Gasteiger partial charge in [-0.15, -0.1) is 6.42 Å². The molecule has 1 rings (SSSR count). The van der Waals surface area contributed by atoms with Crippen molar-refractivity contribution in [3.8, 4) is 0 Å². The standard InChI is InChI=1S/C5H8IO.Zn/c6-5-3-1-2-4-7-5;/h1,5H,2-4H2;/q-1;. The number of ether oxygens (including phenoxy) is 1. The molecule has 0 spiro atoms. The maximum absolute atomic E-state index is 5.23. The van der Waals surface area contributed by atoms with Gasteiger partial charge in [0, 0.05) is 26.1 Å². The van der Waals surface area contributed by atoms with Crippen molar-refractivity contribution in [2.24, 2.45) is 0 Å². The number of alkyl halides is 1. The first-order valence-corrected chi connectivity index (χ1v) is 3.71. The SMILES string of the molecule is IC1C[CH-]CCO1.[Zn]. The van der Waals surface area contributed by atoms with Gasteiger partial charge in [-0.2, -0.15) is 6.42 Å². The fourth-order valence-electron chi connectivity index (χ4n) is 0.596. The van der Waals surface area contributed by atoms with Crippen molar-refractivity contribution < 1.29 is 24.2 Å². The summed E-state index contributed by atoms with van der Waals surface area (Å²) in [5, 5.41) is 0. The van der Waals surface area contributed by atoms with Gasteiger partial charge in [0.2, 0.25) is 0 Å². The maximum Gasteiger partial charge on any atom is 0.0816 e. The van der Waals surface area contributed by atoms with E-state index < -0.39 is 0 Å². The molecule has 8 heavy (non-hydrogen) atoms. The second-order valence-electron chi connectivity index (χ2n) is 1.59. The largest absolute Gasteiger partial charge is 0.373 e. The summed E-state index contributed by atoms with van der Waals surface area (Å²) in [5.74, 6) is 0. The molecule has 1 saturated heterocycles. The van der Waals surface area contributed by atoms with Crippen LogP contribution in [0, 0.1) is 6.42 Å². The molecule has 0 N–H and O–H groups in total. The zero-order chi connectivity index (χ0) is 5.11. The van der Waals surface area contributed by atoms with Crippen LogP contribution in [-0.2, 0) is 24.2 Å². The Morgan fingerprint density at radius 3 is 2.62 bits per heavy atom. The van der Waals surface area contributed by atoms with Gasteiger partial charge in [-0.25, -0.2) is 0 Å². The van der Waals surface area contributed by atoms with Gasteiger partial charge in [0.25, 0.3) is 0 Å². The van der Waals surface area contributed by atoms with Gasteiger partial charge >= 0.3 is 0 Å². The molecule has 0 saturated carbocycles. The Balaban J connectivity index is 0.000000490. The van der Waals surface area contributed by atoms with Crippen LogP contribution in [-0.4, -0.2) is 10.7 Å². The molecule has 0 aliphatic carbocycles. The van der Waals surface area contributed by atoms with Gasteiger partial charge in [0.05, 0.1) is 4.11 Å². The van der Waals surface area contributed by atoms with E-state index in [2.05, 4.69) is 29.0 Å². The van der Waals surface area contributed by atoms with Gasteiger partial charge in [0.1, 0.15) is 0 Å². The second-order valence-corrected chi connectivity index (χ2v) is 2.98. The van der Waals surface area contributed by atoms with E-state index in [0.717, 1.165) is 19.4 Å². The number of halogens is 1. The van der Waals surface area contributed by atoms with E-state index in [0.29, 0.717) is 4.11 Å². The molecule has 1 atom stereocenters. The second kappa shape index (κ2) is 5.13. The molecule has 1 aliphatic rings. The number of rotatable bonds is 0. The number of hydrogen-bond acceptors (Lipinski definition) is 1. The topological polar surface area (TPSA) is 9.23 Å². The first kappa shape index (κ1) is 9.31. The molecule has 1 fully saturated rings. The molecule has 1 heterocycles. The Bertz CT molecular complexity index is 54.4. The van der Waals surface area contributed by atoms with Gasteiger partial charge in [-0.1, -0.05) is 22.6 Å². The summed E-state index contributed by atoms with van der Waals surface area (Å²) >= 11 is 2.30. The minimum absolute atomic E-state index is 0. The van der Waals surface area contributed by atoms with Gasteiger partial charge in [-0.05, 0) is 0 Å². The molecule has 0 radical (unpaired) electrons. The van der Waals surface area contributed by atoms with Crippen LogP contribution >= 0.6 is 22.6 Å². The summed E-state index contributed by atoms with van der Waals surface area (Å²) in [5.41, 5.74) is 0. The van der Waals surface area contributed by atoms with Gasteiger partial charge < -0.3 is 11.2 Å². The third-order valence-electron chi connectivity index (χ3n) is 0.973. The maximum atomic E-state index is 5.23. The molecule has 0 amide bonds. The van der Waals surface area contributed by atoms with Crippen LogP contribution in [0.3, 0.4) is 0 Å². The Kier molecular flexibility index (Phi) is 5.97. The molecule has 0 aromatic rings. The summed E-state index contributed by atoms with van der Waals surface area (Å²) in [4.78, 5) is 0. The minimum atomic E-state index is 0. The molecule has 44 valence electrons. The normalized spacial score (nSPS) is 28.9. The van der Waals surface area contributed by atoms with Crippen molar-refractivity contribution in [3.05, 3.63) is 6.42 Å². The summed E-state index contributed by atoms with van der Waals surface area (Å²) in [6.45, 7) is 0.924. The average Bonchev–Trinajstić information content (AvgIpc) is 1.69. The summed E-state index contributed by atoms with van der Waals surface area (Å²) < 4.78 is 5.68. The quantitative estimate of drug-likeness (QED) is 0.283. The Hall–Kier alpha value is 1.31. The van der Waals surface area contributed by atoms with Crippen molar-refractivity contribution in [2.75, 3.05) is 6.61 Å². The van der Waals surface area contributed by atoms with Crippen molar-refractivity contribution in [1.29, 1.82) is 0 Å². The third-order valence-corrected chi connectivity index (χ3v) is 1.84. The summed E-state index contributed by atoms with van der Waals surface area (Å²) in [6.07, 6.45) is 4.54. The first-order chi connectivity index (χ1) is 3.39. The molecule has 1 aliphatic heterocycles. The van der Waals surface area contributed by atoms with E-state index in [1.54, 1.807) is 0 Å². The van der Waals surface area contributed by atoms with Crippen LogP contribution in [0.2, 0.25) is 0 Å². The molecule has 0 aromatic carbocycles. The minimum Gasteiger partial charge on any atom is -0.373 e. The monoisotopic (exact) mass is 275 g/mol. The van der Waals surface area contributed by atoms with E-state index in [-0.39, 0.29) is 19.5 Å². The summed E-state index contributed by atoms with van der Waals surface area (Å²) in [6, 6.07) is 0. The van der Waals surface area contributed by atoms with E-state index >= 15 is 0 Å². The predicted molar refractivity (Wildman–Crippen MR) is 37.3 cm³/mol. The van der Waals surface area contributed by atoms with Crippen LogP contribution in [0.5, 0.6) is 0 Å². The van der Waals surface area contributed by atoms with Crippen LogP contribution < -0.4 is 0 Å². The first-order valence-electron chi connectivity index (χ1n) is 2.47. The predicted octanol–water partition coefficient (Wildman–Crippen LogP) is 1.76. The Morgan fingerprint density at radius 1 is 1.62 bits per heavy atom. The van der Waals surface area contributed by atoms with E-state index in [1.807, 2.05) is 0 Å². The van der Waals surface area contributed by atoms with Crippen LogP contribution in [0.15, 0.2) is 0 Å². The molecular formula is C5H8IOZn-. The Morgan fingerprint density at radius 2 is 2.38 bits per heavy atom. The summed E-state index contributed by atoms with van der Waals surface area (Å²) in [7, 11) is 0. The molecule has 0 aromatic heterocycles. The molecule has 3 heteroatoms. The van der Waals surface area contributed by atoms with Gasteiger partial charge in [0.15, 0.2) is 0 Å². The third kappa shape index (κ3) is 3.36. The molecular weight excluding hydrogens is 268 g/mol. The van der Waals surface area contributed by atoms with Crippen molar-refractivity contribution in [1.82, 2.24) is 0 Å². The fourth-order valence-corrected chi connectivity index (χ4v) is 1.21. The smallest absolute Gasteiger partial charge is 0.0816 e. The Labute approximate surface area is 76.5 Å². The fraction of sp³-hybridized carbons (Fsp3) is 0.800. The van der Waals surface area contributed by atoms with Crippen LogP contribution in [0.4, 0.5) is 0 Å². The van der Waals surface area contributed by atoms with E-state index in [9.17, 15) is 0 Å². The van der Waals surface area contributed by atoms with Gasteiger partial charge in [-0.3, -0.25) is 0 Å². The van der Waals surface area contributed by atoms with E-state index in [4.69, 9.17) is 4.74 Å². The molecule has 1 unspecified atom stereocenters. The molecule has 0 bridgehead atoms. The molecule has 1 nitrogen and oxygen atoms in total.